The highest BCUT2D eigenvalue weighted by Gasteiger charge is 2.13. The van der Waals surface area contributed by atoms with Crippen molar-refractivity contribution in [1.82, 2.24) is 10.2 Å². The SMILES string of the molecule is Cc1cocc1C(=O)c1cn[nH]c1. The van der Waals surface area contributed by atoms with E-state index >= 15 is 0 Å². The van der Waals surface area contributed by atoms with Gasteiger partial charge in [-0.05, 0) is 12.5 Å². The molecule has 0 atom stereocenters. The van der Waals surface area contributed by atoms with Crippen LogP contribution in [0.5, 0.6) is 0 Å². The molecule has 2 rings (SSSR count). The molecule has 0 unspecified atom stereocenters. The first kappa shape index (κ1) is 7.79. The summed E-state index contributed by atoms with van der Waals surface area (Å²) in [6, 6.07) is 0. The van der Waals surface area contributed by atoms with Gasteiger partial charge < -0.3 is 4.42 Å². The Labute approximate surface area is 74.6 Å². The summed E-state index contributed by atoms with van der Waals surface area (Å²) in [6.07, 6.45) is 6.06. The molecule has 13 heavy (non-hydrogen) atoms. The Morgan fingerprint density at radius 1 is 1.54 bits per heavy atom. The van der Waals surface area contributed by atoms with Crippen LogP contribution in [0.3, 0.4) is 0 Å². The second-order valence-electron chi connectivity index (χ2n) is 2.78. The zero-order valence-corrected chi connectivity index (χ0v) is 7.07. The van der Waals surface area contributed by atoms with Crippen LogP contribution in [0.2, 0.25) is 0 Å². The van der Waals surface area contributed by atoms with Crippen molar-refractivity contribution in [1.29, 1.82) is 0 Å². The molecule has 2 heterocycles. The minimum Gasteiger partial charge on any atom is -0.472 e. The molecule has 4 nitrogen and oxygen atoms in total. The maximum absolute atomic E-state index is 11.7. The Morgan fingerprint density at radius 3 is 2.92 bits per heavy atom. The summed E-state index contributed by atoms with van der Waals surface area (Å²) in [5.74, 6) is -0.0694. The normalized spacial score (nSPS) is 10.2. The number of ketones is 1. The van der Waals surface area contributed by atoms with Gasteiger partial charge in [0.15, 0.2) is 5.78 Å². The Morgan fingerprint density at radius 2 is 2.38 bits per heavy atom. The Kier molecular flexibility index (Phi) is 1.73. The minimum atomic E-state index is -0.0694. The van der Waals surface area contributed by atoms with Crippen molar-refractivity contribution in [2.75, 3.05) is 0 Å². The van der Waals surface area contributed by atoms with Crippen LogP contribution in [0.4, 0.5) is 0 Å². The molecule has 0 saturated carbocycles. The fraction of sp³-hybridized carbons (Fsp3) is 0.111. The van der Waals surface area contributed by atoms with Gasteiger partial charge in [0.1, 0.15) is 6.26 Å². The number of aromatic amines is 1. The third kappa shape index (κ3) is 1.26. The summed E-state index contributed by atoms with van der Waals surface area (Å²) >= 11 is 0. The van der Waals surface area contributed by atoms with Gasteiger partial charge in [0.25, 0.3) is 0 Å². The zero-order valence-electron chi connectivity index (χ0n) is 7.07. The summed E-state index contributed by atoms with van der Waals surface area (Å²) < 4.78 is 4.91. The van der Waals surface area contributed by atoms with Gasteiger partial charge in [-0.1, -0.05) is 0 Å². The fourth-order valence-electron chi connectivity index (χ4n) is 1.12. The van der Waals surface area contributed by atoms with E-state index in [0.717, 1.165) is 5.56 Å². The molecular weight excluding hydrogens is 168 g/mol. The Balaban J connectivity index is 2.39. The number of H-pyrrole nitrogens is 1. The number of aromatic nitrogens is 2. The lowest BCUT2D eigenvalue weighted by atomic mass is 10.1. The summed E-state index contributed by atoms with van der Waals surface area (Å²) in [6.45, 7) is 1.83. The molecule has 4 heteroatoms. The molecule has 66 valence electrons. The van der Waals surface area contributed by atoms with E-state index in [9.17, 15) is 4.79 Å². The van der Waals surface area contributed by atoms with Gasteiger partial charge in [-0.2, -0.15) is 5.10 Å². The van der Waals surface area contributed by atoms with Crippen LogP contribution in [-0.4, -0.2) is 16.0 Å². The molecule has 2 aromatic rings. The number of hydrogen-bond donors (Lipinski definition) is 1. The molecule has 1 N–H and O–H groups in total. The highest BCUT2D eigenvalue weighted by Crippen LogP contribution is 2.13. The first-order chi connectivity index (χ1) is 6.29. The summed E-state index contributed by atoms with van der Waals surface area (Å²) in [5, 5.41) is 6.30. The predicted octanol–water partition coefficient (Wildman–Crippen LogP) is 1.54. The first-order valence-electron chi connectivity index (χ1n) is 3.85. The quantitative estimate of drug-likeness (QED) is 0.706. The predicted molar refractivity (Wildman–Crippen MR) is 45.5 cm³/mol. The molecule has 0 aliphatic rings. The van der Waals surface area contributed by atoms with Gasteiger partial charge >= 0.3 is 0 Å². The van der Waals surface area contributed by atoms with Gasteiger partial charge in [0.05, 0.1) is 23.6 Å². The average molecular weight is 176 g/mol. The number of aryl methyl sites for hydroxylation is 1. The Hall–Kier alpha value is -1.84. The van der Waals surface area contributed by atoms with Crippen LogP contribution in [-0.2, 0) is 0 Å². The topological polar surface area (TPSA) is 58.9 Å². The van der Waals surface area contributed by atoms with Crippen LogP contribution < -0.4 is 0 Å². The largest absolute Gasteiger partial charge is 0.472 e. The third-order valence-electron chi connectivity index (χ3n) is 1.86. The molecule has 0 aromatic carbocycles. The van der Waals surface area contributed by atoms with Crippen LogP contribution in [0.1, 0.15) is 21.5 Å². The molecule has 0 saturated heterocycles. The fourth-order valence-corrected chi connectivity index (χ4v) is 1.12. The molecule has 0 spiro atoms. The molecule has 0 fully saturated rings. The van der Waals surface area contributed by atoms with Crippen molar-refractivity contribution in [3.63, 3.8) is 0 Å². The molecule has 0 bridgehead atoms. The molecule has 0 amide bonds. The van der Waals surface area contributed by atoms with E-state index in [2.05, 4.69) is 10.2 Å². The molecule has 2 aromatic heterocycles. The van der Waals surface area contributed by atoms with E-state index in [1.165, 1.54) is 12.5 Å². The molecule has 0 aliphatic carbocycles. The van der Waals surface area contributed by atoms with Crippen molar-refractivity contribution < 1.29 is 9.21 Å². The highest BCUT2D eigenvalue weighted by atomic mass is 16.3. The number of hydrogen-bond acceptors (Lipinski definition) is 3. The van der Waals surface area contributed by atoms with Crippen molar-refractivity contribution in [3.8, 4) is 0 Å². The molecular formula is C9H8N2O2. The van der Waals surface area contributed by atoms with Crippen LogP contribution in [0.15, 0.2) is 29.3 Å². The van der Waals surface area contributed by atoms with Gasteiger partial charge in [-0.3, -0.25) is 9.89 Å². The molecule has 0 radical (unpaired) electrons. The number of rotatable bonds is 2. The number of furan rings is 1. The van der Waals surface area contributed by atoms with E-state index in [4.69, 9.17) is 4.42 Å². The number of nitrogens with zero attached hydrogens (tertiary/aromatic N) is 1. The van der Waals surface area contributed by atoms with Crippen molar-refractivity contribution in [2.24, 2.45) is 0 Å². The van der Waals surface area contributed by atoms with Crippen LogP contribution >= 0.6 is 0 Å². The second kappa shape index (κ2) is 2.90. The maximum atomic E-state index is 11.7. The van der Waals surface area contributed by atoms with Crippen LogP contribution in [0, 0.1) is 6.92 Å². The third-order valence-corrected chi connectivity index (χ3v) is 1.86. The summed E-state index contributed by atoms with van der Waals surface area (Å²) in [4.78, 5) is 11.7. The monoisotopic (exact) mass is 176 g/mol. The van der Waals surface area contributed by atoms with Gasteiger partial charge in [0.2, 0.25) is 0 Å². The number of carbonyl (C=O) groups excluding carboxylic acids is 1. The number of carbonyl (C=O) groups is 1. The van der Waals surface area contributed by atoms with E-state index in [1.807, 2.05) is 6.92 Å². The Bertz CT molecular complexity index is 415. The van der Waals surface area contributed by atoms with Gasteiger partial charge in [-0.25, -0.2) is 0 Å². The second-order valence-corrected chi connectivity index (χ2v) is 2.78. The van der Waals surface area contributed by atoms with Crippen molar-refractivity contribution in [3.05, 3.63) is 41.6 Å². The van der Waals surface area contributed by atoms with E-state index in [0.29, 0.717) is 11.1 Å². The van der Waals surface area contributed by atoms with E-state index < -0.39 is 0 Å². The highest BCUT2D eigenvalue weighted by molar-refractivity contribution is 6.09. The van der Waals surface area contributed by atoms with Crippen molar-refractivity contribution >= 4 is 5.78 Å². The number of nitrogens with one attached hydrogen (secondary N) is 1. The smallest absolute Gasteiger partial charge is 0.199 e. The maximum Gasteiger partial charge on any atom is 0.199 e. The lowest BCUT2D eigenvalue weighted by Gasteiger charge is -1.92. The summed E-state index contributed by atoms with van der Waals surface area (Å²) in [7, 11) is 0. The molecule has 0 aliphatic heterocycles. The summed E-state index contributed by atoms with van der Waals surface area (Å²) in [5.41, 5.74) is 1.97. The van der Waals surface area contributed by atoms with Crippen LogP contribution in [0.25, 0.3) is 0 Å². The van der Waals surface area contributed by atoms with Gasteiger partial charge in [-0.15, -0.1) is 0 Å². The van der Waals surface area contributed by atoms with E-state index in [-0.39, 0.29) is 5.78 Å². The first-order valence-corrected chi connectivity index (χ1v) is 3.85. The minimum absolute atomic E-state index is 0.0694. The lowest BCUT2D eigenvalue weighted by Crippen LogP contribution is -1.99. The van der Waals surface area contributed by atoms with Gasteiger partial charge in [0, 0.05) is 6.20 Å². The zero-order chi connectivity index (χ0) is 9.26. The lowest BCUT2D eigenvalue weighted by molar-refractivity contribution is 0.103. The standard InChI is InChI=1S/C9H8N2O2/c1-6-4-13-5-8(6)9(12)7-2-10-11-3-7/h2-5H,1H3,(H,10,11). The van der Waals surface area contributed by atoms with E-state index in [1.54, 1.807) is 12.5 Å². The average Bonchev–Trinajstić information content (AvgIpc) is 2.72. The van der Waals surface area contributed by atoms with Crippen molar-refractivity contribution in [2.45, 2.75) is 6.92 Å².